The van der Waals surface area contributed by atoms with Crippen LogP contribution in [0.5, 0.6) is 0 Å². The van der Waals surface area contributed by atoms with E-state index in [-0.39, 0.29) is 0 Å². The number of benzene rings is 1. The van der Waals surface area contributed by atoms with Crippen LogP contribution in [-0.4, -0.2) is 13.6 Å². The van der Waals surface area contributed by atoms with Crippen molar-refractivity contribution in [1.29, 1.82) is 0 Å². The Labute approximate surface area is 94.2 Å². The van der Waals surface area contributed by atoms with Crippen LogP contribution in [0.2, 0.25) is 0 Å². The second-order valence-electron chi connectivity index (χ2n) is 4.69. The highest BCUT2D eigenvalue weighted by molar-refractivity contribution is 9.10. The summed E-state index contributed by atoms with van der Waals surface area (Å²) >= 11 is 3.63. The number of anilines is 1. The molecule has 0 aromatic heterocycles. The van der Waals surface area contributed by atoms with Gasteiger partial charge in [0.2, 0.25) is 0 Å². The maximum absolute atomic E-state index is 3.63. The molecule has 0 fully saturated rings. The summed E-state index contributed by atoms with van der Waals surface area (Å²) in [6.07, 6.45) is 1.23. The second-order valence-corrected chi connectivity index (χ2v) is 5.55. The first-order valence-corrected chi connectivity index (χ1v) is 5.82. The third kappa shape index (κ3) is 1.46. The van der Waals surface area contributed by atoms with Crippen LogP contribution >= 0.6 is 15.9 Å². The molecular formula is C12H16BrN. The predicted molar refractivity (Wildman–Crippen MR) is 65.1 cm³/mol. The summed E-state index contributed by atoms with van der Waals surface area (Å²) in [4.78, 5) is 2.34. The minimum Gasteiger partial charge on any atom is -0.373 e. The highest BCUT2D eigenvalue weighted by Gasteiger charge is 2.30. The zero-order chi connectivity index (χ0) is 10.3. The van der Waals surface area contributed by atoms with Gasteiger partial charge in [-0.1, -0.05) is 26.0 Å². The molecule has 0 amide bonds. The van der Waals surface area contributed by atoms with E-state index in [2.05, 4.69) is 59.9 Å². The highest BCUT2D eigenvalue weighted by Crippen LogP contribution is 2.42. The van der Waals surface area contributed by atoms with E-state index in [9.17, 15) is 0 Å². The van der Waals surface area contributed by atoms with Crippen molar-refractivity contribution in [3.8, 4) is 0 Å². The van der Waals surface area contributed by atoms with Crippen molar-refractivity contribution in [2.75, 3.05) is 18.5 Å². The third-order valence-corrected chi connectivity index (χ3v) is 3.81. The molecule has 2 rings (SSSR count). The molecule has 0 aliphatic carbocycles. The number of rotatable bonds is 0. The quantitative estimate of drug-likeness (QED) is 0.684. The lowest BCUT2D eigenvalue weighted by molar-refractivity contribution is 0.461. The van der Waals surface area contributed by atoms with Gasteiger partial charge in [0.1, 0.15) is 0 Å². The summed E-state index contributed by atoms with van der Waals surface area (Å²) in [6.45, 7) is 5.79. The van der Waals surface area contributed by atoms with Gasteiger partial charge in [0.25, 0.3) is 0 Å². The Kier molecular flexibility index (Phi) is 2.34. The van der Waals surface area contributed by atoms with Crippen LogP contribution in [0.15, 0.2) is 22.7 Å². The Morgan fingerprint density at radius 1 is 1.36 bits per heavy atom. The van der Waals surface area contributed by atoms with E-state index >= 15 is 0 Å². The van der Waals surface area contributed by atoms with Crippen molar-refractivity contribution < 1.29 is 0 Å². The summed E-state index contributed by atoms with van der Waals surface area (Å²) in [5.74, 6) is 0. The van der Waals surface area contributed by atoms with Crippen molar-refractivity contribution >= 4 is 21.6 Å². The van der Waals surface area contributed by atoms with E-state index in [1.807, 2.05) is 0 Å². The van der Waals surface area contributed by atoms with Gasteiger partial charge in [0.15, 0.2) is 0 Å². The maximum Gasteiger partial charge on any atom is 0.0546 e. The van der Waals surface area contributed by atoms with Gasteiger partial charge in [-0.15, -0.1) is 0 Å². The smallest absolute Gasteiger partial charge is 0.0546 e. The van der Waals surface area contributed by atoms with Crippen LogP contribution in [-0.2, 0) is 5.41 Å². The van der Waals surface area contributed by atoms with Gasteiger partial charge < -0.3 is 4.90 Å². The second kappa shape index (κ2) is 3.27. The molecule has 0 unspecified atom stereocenters. The van der Waals surface area contributed by atoms with E-state index < -0.39 is 0 Å². The van der Waals surface area contributed by atoms with E-state index in [4.69, 9.17) is 0 Å². The van der Waals surface area contributed by atoms with Crippen LogP contribution in [0, 0.1) is 0 Å². The fourth-order valence-corrected chi connectivity index (χ4v) is 2.81. The molecule has 14 heavy (non-hydrogen) atoms. The van der Waals surface area contributed by atoms with Crippen molar-refractivity contribution in [2.24, 2.45) is 0 Å². The van der Waals surface area contributed by atoms with Crippen molar-refractivity contribution in [2.45, 2.75) is 25.7 Å². The Morgan fingerprint density at radius 3 is 2.71 bits per heavy atom. The zero-order valence-electron chi connectivity index (χ0n) is 8.97. The number of hydrogen-bond donors (Lipinski definition) is 0. The molecule has 0 saturated heterocycles. The number of nitrogens with zero attached hydrogens (tertiary/aromatic N) is 1. The Bertz CT molecular complexity index is 357. The first-order valence-electron chi connectivity index (χ1n) is 5.02. The molecule has 1 heterocycles. The van der Waals surface area contributed by atoms with Crippen LogP contribution in [0.1, 0.15) is 25.8 Å². The number of halogens is 1. The van der Waals surface area contributed by atoms with Gasteiger partial charge in [0, 0.05) is 18.1 Å². The van der Waals surface area contributed by atoms with E-state index in [1.165, 1.54) is 22.1 Å². The van der Waals surface area contributed by atoms with Crippen LogP contribution < -0.4 is 4.90 Å². The van der Waals surface area contributed by atoms with E-state index in [1.54, 1.807) is 0 Å². The molecule has 1 nitrogen and oxygen atoms in total. The van der Waals surface area contributed by atoms with Gasteiger partial charge in [-0.2, -0.15) is 0 Å². The molecule has 0 spiro atoms. The Morgan fingerprint density at radius 2 is 2.07 bits per heavy atom. The van der Waals surface area contributed by atoms with Gasteiger partial charge in [0.05, 0.1) is 5.69 Å². The molecule has 1 aliphatic heterocycles. The molecule has 2 heteroatoms. The summed E-state index contributed by atoms with van der Waals surface area (Å²) in [5, 5.41) is 0. The fraction of sp³-hybridized carbons (Fsp3) is 0.500. The van der Waals surface area contributed by atoms with Gasteiger partial charge >= 0.3 is 0 Å². The third-order valence-electron chi connectivity index (χ3n) is 3.17. The van der Waals surface area contributed by atoms with Crippen LogP contribution in [0.4, 0.5) is 5.69 Å². The number of hydrogen-bond acceptors (Lipinski definition) is 1. The predicted octanol–water partition coefficient (Wildman–Crippen LogP) is 3.57. The highest BCUT2D eigenvalue weighted by atomic mass is 79.9. The molecule has 0 atom stereocenters. The molecule has 1 aromatic rings. The minimum absolute atomic E-state index is 0.311. The van der Waals surface area contributed by atoms with Crippen molar-refractivity contribution in [3.63, 3.8) is 0 Å². The molecule has 0 bridgehead atoms. The van der Waals surface area contributed by atoms with Crippen molar-refractivity contribution in [1.82, 2.24) is 0 Å². The zero-order valence-corrected chi connectivity index (χ0v) is 10.6. The molecule has 76 valence electrons. The first-order chi connectivity index (χ1) is 6.52. The van der Waals surface area contributed by atoms with E-state index in [0.29, 0.717) is 5.41 Å². The molecule has 0 radical (unpaired) electrons. The number of para-hydroxylation sites is 1. The van der Waals surface area contributed by atoms with Gasteiger partial charge in [-0.25, -0.2) is 0 Å². The lowest BCUT2D eigenvalue weighted by Crippen LogP contribution is -2.34. The topological polar surface area (TPSA) is 3.24 Å². The average molecular weight is 254 g/mol. The largest absolute Gasteiger partial charge is 0.373 e. The molecule has 0 N–H and O–H groups in total. The lowest BCUT2D eigenvalue weighted by Gasteiger charge is -2.39. The first kappa shape index (κ1) is 10.0. The minimum atomic E-state index is 0.311. The van der Waals surface area contributed by atoms with Gasteiger partial charge in [-0.05, 0) is 39.4 Å². The molecule has 0 saturated carbocycles. The Balaban J connectivity index is 2.63. The van der Waals surface area contributed by atoms with Crippen molar-refractivity contribution in [3.05, 3.63) is 28.2 Å². The Hall–Kier alpha value is -0.500. The molecule has 1 aromatic carbocycles. The lowest BCUT2D eigenvalue weighted by atomic mass is 9.78. The average Bonchev–Trinajstić information content (AvgIpc) is 2.12. The van der Waals surface area contributed by atoms with Crippen LogP contribution in [0.25, 0.3) is 0 Å². The fourth-order valence-electron chi connectivity index (χ4n) is 2.14. The maximum atomic E-state index is 3.63. The summed E-state index contributed by atoms with van der Waals surface area (Å²) in [7, 11) is 2.17. The van der Waals surface area contributed by atoms with Gasteiger partial charge in [-0.3, -0.25) is 0 Å². The summed E-state index contributed by atoms with van der Waals surface area (Å²) < 4.78 is 1.21. The summed E-state index contributed by atoms with van der Waals surface area (Å²) in [5.41, 5.74) is 3.13. The normalized spacial score (nSPS) is 19.3. The summed E-state index contributed by atoms with van der Waals surface area (Å²) in [6, 6.07) is 6.50. The molecular weight excluding hydrogens is 238 g/mol. The monoisotopic (exact) mass is 253 g/mol. The molecule has 1 aliphatic rings. The number of fused-ring (bicyclic) bond motifs is 1. The SMILES string of the molecule is CN1CCC(C)(C)c2cccc(Br)c21. The standard InChI is InChI=1S/C12H16BrN/c1-12(2)7-8-14(3)11-9(12)5-4-6-10(11)13/h4-6H,7-8H2,1-3H3. The van der Waals surface area contributed by atoms with E-state index in [0.717, 1.165) is 6.54 Å². The van der Waals surface area contributed by atoms with Crippen LogP contribution in [0.3, 0.4) is 0 Å².